The number of rotatable bonds is 7. The van der Waals surface area contributed by atoms with Crippen LogP contribution < -0.4 is 5.32 Å². The van der Waals surface area contributed by atoms with Gasteiger partial charge in [0, 0.05) is 6.04 Å². The fraction of sp³-hybridized carbons (Fsp3) is 0.625. The first-order valence-electron chi connectivity index (χ1n) is 7.08. The maximum atomic E-state index is 6.10. The van der Waals surface area contributed by atoms with Crippen LogP contribution in [0.3, 0.4) is 0 Å². The molecule has 1 aromatic carbocycles. The highest BCUT2D eigenvalue weighted by Gasteiger charge is 2.27. The van der Waals surface area contributed by atoms with E-state index < -0.39 is 0 Å². The van der Waals surface area contributed by atoms with Crippen molar-refractivity contribution in [2.45, 2.75) is 53.0 Å². The maximum absolute atomic E-state index is 6.10. The van der Waals surface area contributed by atoms with Gasteiger partial charge in [-0.1, -0.05) is 57.0 Å². The van der Waals surface area contributed by atoms with Crippen LogP contribution >= 0.6 is 23.2 Å². The molecule has 108 valence electrons. The van der Waals surface area contributed by atoms with Crippen LogP contribution in [0.5, 0.6) is 0 Å². The van der Waals surface area contributed by atoms with Gasteiger partial charge in [0.05, 0.1) is 10.0 Å². The maximum Gasteiger partial charge on any atom is 0.0595 e. The summed E-state index contributed by atoms with van der Waals surface area (Å²) in [5.74, 6) is 0. The Kier molecular flexibility index (Phi) is 6.65. The first-order chi connectivity index (χ1) is 8.90. The second-order valence-electron chi connectivity index (χ2n) is 5.80. The lowest BCUT2D eigenvalue weighted by atomic mass is 9.79. The summed E-state index contributed by atoms with van der Waals surface area (Å²) >= 11 is 12.1. The molecule has 1 N–H and O–H groups in total. The van der Waals surface area contributed by atoms with Gasteiger partial charge in [-0.3, -0.25) is 0 Å². The Balaban J connectivity index is 2.84. The second-order valence-corrected chi connectivity index (χ2v) is 6.62. The Bertz CT molecular complexity index is 402. The molecule has 0 aliphatic rings. The van der Waals surface area contributed by atoms with E-state index in [0.717, 1.165) is 25.8 Å². The van der Waals surface area contributed by atoms with E-state index in [9.17, 15) is 0 Å². The molecular formula is C16H25Cl2N. The average molecular weight is 302 g/mol. The molecule has 0 bridgehead atoms. The van der Waals surface area contributed by atoms with E-state index in [-0.39, 0.29) is 5.41 Å². The predicted molar refractivity (Wildman–Crippen MR) is 86.3 cm³/mol. The Morgan fingerprint density at radius 2 is 1.84 bits per heavy atom. The van der Waals surface area contributed by atoms with Crippen molar-refractivity contribution < 1.29 is 0 Å². The molecule has 1 aromatic rings. The molecule has 0 fully saturated rings. The molecule has 0 spiro atoms. The molecule has 0 aliphatic carbocycles. The highest BCUT2D eigenvalue weighted by Crippen LogP contribution is 2.29. The van der Waals surface area contributed by atoms with Crippen LogP contribution in [0, 0.1) is 5.41 Å². The lowest BCUT2D eigenvalue weighted by Gasteiger charge is -2.34. The standard InChI is InChI=1S/C16H25Cl2N/c1-5-9-19-15(16(3,4)6-2)11-12-7-8-13(17)14(18)10-12/h7-8,10,15,19H,5-6,9,11H2,1-4H3. The summed E-state index contributed by atoms with van der Waals surface area (Å²) in [5.41, 5.74) is 1.51. The second kappa shape index (κ2) is 7.52. The molecule has 0 saturated heterocycles. The number of hydrogen-bond donors (Lipinski definition) is 1. The number of hydrogen-bond acceptors (Lipinski definition) is 1. The fourth-order valence-corrected chi connectivity index (χ4v) is 2.41. The highest BCUT2D eigenvalue weighted by atomic mass is 35.5. The average Bonchev–Trinajstić information content (AvgIpc) is 2.38. The largest absolute Gasteiger partial charge is 0.313 e. The Hall–Kier alpha value is -0.240. The van der Waals surface area contributed by atoms with Crippen LogP contribution in [0.2, 0.25) is 10.0 Å². The van der Waals surface area contributed by atoms with Crippen molar-refractivity contribution in [3.8, 4) is 0 Å². The van der Waals surface area contributed by atoms with Crippen molar-refractivity contribution in [3.63, 3.8) is 0 Å². The summed E-state index contributed by atoms with van der Waals surface area (Å²) < 4.78 is 0. The minimum absolute atomic E-state index is 0.265. The summed E-state index contributed by atoms with van der Waals surface area (Å²) in [6.45, 7) is 10.1. The van der Waals surface area contributed by atoms with Gasteiger partial charge in [-0.05, 0) is 48.9 Å². The third-order valence-corrected chi connectivity index (χ3v) is 4.66. The van der Waals surface area contributed by atoms with E-state index in [4.69, 9.17) is 23.2 Å². The Labute approximate surface area is 127 Å². The van der Waals surface area contributed by atoms with E-state index >= 15 is 0 Å². The number of benzene rings is 1. The monoisotopic (exact) mass is 301 g/mol. The molecule has 3 heteroatoms. The molecular weight excluding hydrogens is 277 g/mol. The van der Waals surface area contributed by atoms with Gasteiger partial charge in [0.25, 0.3) is 0 Å². The van der Waals surface area contributed by atoms with Crippen LogP contribution in [0.15, 0.2) is 18.2 Å². The third kappa shape index (κ3) is 4.98. The summed E-state index contributed by atoms with van der Waals surface area (Å²) in [6, 6.07) is 6.39. The molecule has 0 saturated carbocycles. The highest BCUT2D eigenvalue weighted by molar-refractivity contribution is 6.42. The summed E-state index contributed by atoms with van der Waals surface area (Å²) in [7, 11) is 0. The number of nitrogens with one attached hydrogen (secondary N) is 1. The predicted octanol–water partition coefficient (Wildman–Crippen LogP) is 5.34. The summed E-state index contributed by atoms with van der Waals surface area (Å²) in [4.78, 5) is 0. The van der Waals surface area contributed by atoms with Gasteiger partial charge in [-0.15, -0.1) is 0 Å². The van der Waals surface area contributed by atoms with Gasteiger partial charge in [-0.25, -0.2) is 0 Å². The zero-order chi connectivity index (χ0) is 14.5. The smallest absolute Gasteiger partial charge is 0.0595 e. The first-order valence-corrected chi connectivity index (χ1v) is 7.83. The van der Waals surface area contributed by atoms with E-state index in [1.807, 2.05) is 12.1 Å². The van der Waals surface area contributed by atoms with Crippen LogP contribution in [-0.4, -0.2) is 12.6 Å². The van der Waals surface area contributed by atoms with Crippen molar-refractivity contribution in [1.82, 2.24) is 5.32 Å². The van der Waals surface area contributed by atoms with Gasteiger partial charge in [-0.2, -0.15) is 0 Å². The van der Waals surface area contributed by atoms with E-state index in [1.165, 1.54) is 5.56 Å². The molecule has 19 heavy (non-hydrogen) atoms. The third-order valence-electron chi connectivity index (χ3n) is 3.92. The van der Waals surface area contributed by atoms with Crippen LogP contribution in [0.25, 0.3) is 0 Å². The van der Waals surface area contributed by atoms with Crippen LogP contribution in [0.4, 0.5) is 0 Å². The van der Waals surface area contributed by atoms with Gasteiger partial charge in [0.2, 0.25) is 0 Å². The van der Waals surface area contributed by atoms with Crippen LogP contribution in [0.1, 0.15) is 46.1 Å². The molecule has 1 nitrogen and oxygen atoms in total. The normalized spacial score (nSPS) is 13.6. The molecule has 1 rings (SSSR count). The molecule has 0 aromatic heterocycles. The minimum Gasteiger partial charge on any atom is -0.313 e. The fourth-order valence-electron chi connectivity index (χ4n) is 2.09. The molecule has 1 unspecified atom stereocenters. The van der Waals surface area contributed by atoms with Crippen LogP contribution in [-0.2, 0) is 6.42 Å². The molecule has 1 atom stereocenters. The summed E-state index contributed by atoms with van der Waals surface area (Å²) in [6.07, 6.45) is 3.28. The van der Waals surface area contributed by atoms with E-state index in [0.29, 0.717) is 16.1 Å². The van der Waals surface area contributed by atoms with Crippen molar-refractivity contribution >= 4 is 23.2 Å². The topological polar surface area (TPSA) is 12.0 Å². The molecule has 0 aliphatic heterocycles. The van der Waals surface area contributed by atoms with Crippen molar-refractivity contribution in [1.29, 1.82) is 0 Å². The zero-order valence-electron chi connectivity index (χ0n) is 12.4. The molecule has 0 heterocycles. The van der Waals surface area contributed by atoms with Crippen molar-refractivity contribution in [2.24, 2.45) is 5.41 Å². The Morgan fingerprint density at radius 3 is 2.37 bits per heavy atom. The molecule has 0 amide bonds. The lowest BCUT2D eigenvalue weighted by molar-refractivity contribution is 0.230. The Morgan fingerprint density at radius 1 is 1.16 bits per heavy atom. The zero-order valence-corrected chi connectivity index (χ0v) is 13.9. The SMILES string of the molecule is CCCNC(Cc1ccc(Cl)c(Cl)c1)C(C)(C)CC. The first kappa shape index (κ1) is 16.8. The minimum atomic E-state index is 0.265. The molecule has 0 radical (unpaired) electrons. The van der Waals surface area contributed by atoms with Gasteiger partial charge in [0.15, 0.2) is 0 Å². The summed E-state index contributed by atoms with van der Waals surface area (Å²) in [5, 5.41) is 4.93. The lowest BCUT2D eigenvalue weighted by Crippen LogP contribution is -2.43. The van der Waals surface area contributed by atoms with Gasteiger partial charge < -0.3 is 5.32 Å². The van der Waals surface area contributed by atoms with E-state index in [1.54, 1.807) is 0 Å². The number of halogens is 2. The quantitative estimate of drug-likeness (QED) is 0.717. The van der Waals surface area contributed by atoms with E-state index in [2.05, 4.69) is 39.1 Å². The van der Waals surface area contributed by atoms with Gasteiger partial charge >= 0.3 is 0 Å². The van der Waals surface area contributed by atoms with Crippen molar-refractivity contribution in [2.75, 3.05) is 6.54 Å². The van der Waals surface area contributed by atoms with Crippen molar-refractivity contribution in [3.05, 3.63) is 33.8 Å². The van der Waals surface area contributed by atoms with Gasteiger partial charge in [0.1, 0.15) is 0 Å².